The Morgan fingerprint density at radius 3 is 2.65 bits per heavy atom. The lowest BCUT2D eigenvalue weighted by Gasteiger charge is -2.22. The standard InChI is InChI=1S/C15H23BrN2O4S/c1-4-22-9-5-8-17-15(19)11-18(23(3,20)21)13-6-7-14(16)12(2)10-13/h6-7,10H,4-5,8-9,11H2,1-3H3,(H,17,19). The van der Waals surface area contributed by atoms with Crippen molar-refractivity contribution in [2.24, 2.45) is 0 Å². The number of sulfonamides is 1. The van der Waals surface area contributed by atoms with Crippen molar-refractivity contribution in [3.05, 3.63) is 28.2 Å². The van der Waals surface area contributed by atoms with Crippen molar-refractivity contribution in [3.63, 3.8) is 0 Å². The van der Waals surface area contributed by atoms with Gasteiger partial charge in [-0.15, -0.1) is 0 Å². The summed E-state index contributed by atoms with van der Waals surface area (Å²) in [5, 5.41) is 2.71. The number of benzene rings is 1. The molecule has 1 amide bonds. The van der Waals surface area contributed by atoms with Gasteiger partial charge in [0.15, 0.2) is 0 Å². The van der Waals surface area contributed by atoms with Crippen molar-refractivity contribution in [2.45, 2.75) is 20.3 Å². The van der Waals surface area contributed by atoms with E-state index in [0.717, 1.165) is 20.6 Å². The first-order chi connectivity index (χ1) is 10.8. The Hall–Kier alpha value is -1.12. The summed E-state index contributed by atoms with van der Waals surface area (Å²) in [6.07, 6.45) is 1.78. The maximum Gasteiger partial charge on any atom is 0.240 e. The second kappa shape index (κ2) is 9.24. The minimum Gasteiger partial charge on any atom is -0.382 e. The van der Waals surface area contributed by atoms with Gasteiger partial charge in [-0.1, -0.05) is 15.9 Å². The zero-order valence-corrected chi connectivity index (χ0v) is 16.0. The van der Waals surface area contributed by atoms with Crippen LogP contribution in [0.5, 0.6) is 0 Å². The van der Waals surface area contributed by atoms with Crippen LogP contribution in [0, 0.1) is 6.92 Å². The first kappa shape index (κ1) is 19.9. The Labute approximate surface area is 146 Å². The maximum atomic E-state index is 12.0. The third-order valence-corrected chi connectivity index (χ3v) is 5.14. The van der Waals surface area contributed by atoms with E-state index in [9.17, 15) is 13.2 Å². The minimum atomic E-state index is -3.55. The van der Waals surface area contributed by atoms with Gasteiger partial charge in [-0.25, -0.2) is 8.42 Å². The van der Waals surface area contributed by atoms with E-state index in [0.29, 0.717) is 31.9 Å². The van der Waals surface area contributed by atoms with E-state index in [4.69, 9.17) is 4.74 Å². The number of anilines is 1. The summed E-state index contributed by atoms with van der Waals surface area (Å²) in [5.74, 6) is -0.340. The molecule has 6 nitrogen and oxygen atoms in total. The van der Waals surface area contributed by atoms with Gasteiger partial charge in [0.2, 0.25) is 15.9 Å². The van der Waals surface area contributed by atoms with Crippen molar-refractivity contribution >= 4 is 37.5 Å². The number of ether oxygens (including phenoxy) is 1. The van der Waals surface area contributed by atoms with E-state index in [-0.39, 0.29) is 12.5 Å². The summed E-state index contributed by atoms with van der Waals surface area (Å²) in [4.78, 5) is 12.0. The SMILES string of the molecule is CCOCCCNC(=O)CN(c1ccc(Br)c(C)c1)S(C)(=O)=O. The van der Waals surface area contributed by atoms with Gasteiger partial charge in [-0.3, -0.25) is 9.10 Å². The number of nitrogens with zero attached hydrogens (tertiary/aromatic N) is 1. The molecule has 8 heteroatoms. The smallest absolute Gasteiger partial charge is 0.240 e. The van der Waals surface area contributed by atoms with Gasteiger partial charge in [-0.05, 0) is 44.0 Å². The van der Waals surface area contributed by atoms with E-state index in [1.54, 1.807) is 18.2 Å². The van der Waals surface area contributed by atoms with Crippen LogP contribution in [-0.4, -0.2) is 46.9 Å². The molecule has 0 atom stereocenters. The Morgan fingerprint density at radius 1 is 1.39 bits per heavy atom. The largest absolute Gasteiger partial charge is 0.382 e. The number of aryl methyl sites for hydroxylation is 1. The first-order valence-electron chi connectivity index (χ1n) is 7.34. The first-order valence-corrected chi connectivity index (χ1v) is 9.98. The molecule has 23 heavy (non-hydrogen) atoms. The Bertz CT molecular complexity index is 634. The highest BCUT2D eigenvalue weighted by Gasteiger charge is 2.21. The molecular weight excluding hydrogens is 384 g/mol. The van der Waals surface area contributed by atoms with Gasteiger partial charge >= 0.3 is 0 Å². The van der Waals surface area contributed by atoms with Gasteiger partial charge < -0.3 is 10.1 Å². The third-order valence-electron chi connectivity index (χ3n) is 3.11. The molecule has 130 valence electrons. The van der Waals surface area contributed by atoms with Crippen LogP contribution in [0.25, 0.3) is 0 Å². The normalized spacial score (nSPS) is 11.3. The molecule has 0 spiro atoms. The van der Waals surface area contributed by atoms with Crippen LogP contribution in [-0.2, 0) is 19.6 Å². The van der Waals surface area contributed by atoms with E-state index in [2.05, 4.69) is 21.2 Å². The lowest BCUT2D eigenvalue weighted by Crippen LogP contribution is -2.40. The van der Waals surface area contributed by atoms with Gasteiger partial charge in [0.05, 0.1) is 11.9 Å². The number of nitrogens with one attached hydrogen (secondary N) is 1. The molecular formula is C15H23BrN2O4S. The maximum absolute atomic E-state index is 12.0. The fourth-order valence-electron chi connectivity index (χ4n) is 1.92. The molecule has 0 aliphatic carbocycles. The van der Waals surface area contributed by atoms with E-state index in [1.165, 1.54) is 0 Å². The second-order valence-corrected chi connectivity index (χ2v) is 7.86. The fourth-order valence-corrected chi connectivity index (χ4v) is 3.01. The van der Waals surface area contributed by atoms with E-state index in [1.807, 2.05) is 13.8 Å². The lowest BCUT2D eigenvalue weighted by molar-refractivity contribution is -0.119. The van der Waals surface area contributed by atoms with Crippen LogP contribution >= 0.6 is 15.9 Å². The second-order valence-electron chi connectivity index (χ2n) is 5.10. The van der Waals surface area contributed by atoms with Crippen molar-refractivity contribution in [1.82, 2.24) is 5.32 Å². The van der Waals surface area contributed by atoms with Crippen molar-refractivity contribution in [2.75, 3.05) is 36.9 Å². The molecule has 0 bridgehead atoms. The highest BCUT2D eigenvalue weighted by molar-refractivity contribution is 9.10. The summed E-state index contributed by atoms with van der Waals surface area (Å²) in [5.41, 5.74) is 1.37. The topological polar surface area (TPSA) is 75.7 Å². The third kappa shape index (κ3) is 6.88. The zero-order valence-electron chi connectivity index (χ0n) is 13.6. The molecule has 0 saturated heterocycles. The summed E-state index contributed by atoms with van der Waals surface area (Å²) >= 11 is 3.38. The average molecular weight is 407 g/mol. The summed E-state index contributed by atoms with van der Waals surface area (Å²) in [6.45, 7) is 5.19. The lowest BCUT2D eigenvalue weighted by atomic mass is 10.2. The van der Waals surface area contributed by atoms with Crippen LogP contribution in [0.2, 0.25) is 0 Å². The number of amides is 1. The number of halogens is 1. The number of hydrogen-bond donors (Lipinski definition) is 1. The highest BCUT2D eigenvalue weighted by atomic mass is 79.9. The molecule has 0 fully saturated rings. The molecule has 0 heterocycles. The van der Waals surface area contributed by atoms with Crippen molar-refractivity contribution in [1.29, 1.82) is 0 Å². The van der Waals surface area contributed by atoms with E-state index < -0.39 is 10.0 Å². The summed E-state index contributed by atoms with van der Waals surface area (Å²) in [7, 11) is -3.55. The van der Waals surface area contributed by atoms with Crippen LogP contribution in [0.3, 0.4) is 0 Å². The number of carbonyl (C=O) groups excluding carboxylic acids is 1. The number of hydrogen-bond acceptors (Lipinski definition) is 4. The summed E-state index contributed by atoms with van der Waals surface area (Å²) in [6, 6.07) is 5.16. The van der Waals surface area contributed by atoms with Crippen molar-refractivity contribution in [3.8, 4) is 0 Å². The molecule has 0 unspecified atom stereocenters. The van der Waals surface area contributed by atoms with Gasteiger partial charge in [-0.2, -0.15) is 0 Å². The van der Waals surface area contributed by atoms with Crippen LogP contribution < -0.4 is 9.62 Å². The molecule has 0 aliphatic heterocycles. The molecule has 1 N–H and O–H groups in total. The monoisotopic (exact) mass is 406 g/mol. The van der Waals surface area contributed by atoms with Gasteiger partial charge in [0.25, 0.3) is 0 Å². The Balaban J connectivity index is 2.73. The minimum absolute atomic E-state index is 0.242. The van der Waals surface area contributed by atoms with Gasteiger partial charge in [0.1, 0.15) is 6.54 Å². The van der Waals surface area contributed by atoms with Crippen LogP contribution in [0.15, 0.2) is 22.7 Å². The quantitative estimate of drug-likeness (QED) is 0.636. The molecule has 0 aromatic heterocycles. The molecule has 0 saturated carbocycles. The molecule has 0 aliphatic rings. The van der Waals surface area contributed by atoms with E-state index >= 15 is 0 Å². The number of rotatable bonds is 9. The van der Waals surface area contributed by atoms with Crippen LogP contribution in [0.4, 0.5) is 5.69 Å². The Kier molecular flexibility index (Phi) is 8.01. The van der Waals surface area contributed by atoms with Crippen LogP contribution in [0.1, 0.15) is 18.9 Å². The predicted molar refractivity (Wildman–Crippen MR) is 95.2 cm³/mol. The average Bonchev–Trinajstić information content (AvgIpc) is 2.46. The predicted octanol–water partition coefficient (Wildman–Crippen LogP) is 2.07. The number of carbonyl (C=O) groups is 1. The Morgan fingerprint density at radius 2 is 2.09 bits per heavy atom. The zero-order chi connectivity index (χ0) is 17.5. The van der Waals surface area contributed by atoms with Gasteiger partial charge in [0, 0.05) is 24.2 Å². The molecule has 1 rings (SSSR count). The summed E-state index contributed by atoms with van der Waals surface area (Å²) < 4.78 is 31.2. The van der Waals surface area contributed by atoms with Crippen molar-refractivity contribution < 1.29 is 17.9 Å². The highest BCUT2D eigenvalue weighted by Crippen LogP contribution is 2.24. The molecule has 1 aromatic rings. The molecule has 1 aromatic carbocycles. The fraction of sp³-hybridized carbons (Fsp3) is 0.533. The molecule has 0 radical (unpaired) electrons.